The van der Waals surface area contributed by atoms with E-state index in [-0.39, 0.29) is 11.9 Å². The van der Waals surface area contributed by atoms with Gasteiger partial charge in [-0.3, -0.25) is 9.48 Å². The molecule has 4 rings (SSSR count). The number of carboxylic acid groups (broad SMARTS) is 1. The maximum Gasteiger partial charge on any atom is 0.326 e. The van der Waals surface area contributed by atoms with Crippen molar-refractivity contribution in [2.24, 2.45) is 0 Å². The lowest BCUT2D eigenvalue weighted by molar-refractivity contribution is -0.141. The Morgan fingerprint density at radius 1 is 1.33 bits per heavy atom. The number of hydrogen-bond donors (Lipinski definition) is 1. The van der Waals surface area contributed by atoms with E-state index in [9.17, 15) is 14.7 Å². The molecular weight excluding hydrogens is 362 g/mol. The topological polar surface area (TPSA) is 75.4 Å². The number of rotatable bonds is 6. The van der Waals surface area contributed by atoms with Crippen LogP contribution in [0.3, 0.4) is 0 Å². The molecule has 1 aliphatic carbocycles. The van der Waals surface area contributed by atoms with Gasteiger partial charge in [0.05, 0.1) is 17.1 Å². The van der Waals surface area contributed by atoms with Gasteiger partial charge >= 0.3 is 5.97 Å². The number of aromatic nitrogens is 2. The number of amides is 1. The molecule has 140 valence electrons. The van der Waals surface area contributed by atoms with E-state index in [4.69, 9.17) is 0 Å². The van der Waals surface area contributed by atoms with Crippen molar-refractivity contribution in [1.82, 2.24) is 14.7 Å². The number of hydrogen-bond acceptors (Lipinski definition) is 4. The van der Waals surface area contributed by atoms with E-state index < -0.39 is 12.0 Å². The first kappa shape index (κ1) is 17.7. The molecular formula is C20H21N3O3S. The van der Waals surface area contributed by atoms with Crippen LogP contribution in [0.25, 0.3) is 10.2 Å². The van der Waals surface area contributed by atoms with Gasteiger partial charge in [-0.15, -0.1) is 11.3 Å². The van der Waals surface area contributed by atoms with Crippen LogP contribution in [0.5, 0.6) is 0 Å². The van der Waals surface area contributed by atoms with Gasteiger partial charge in [0.15, 0.2) is 0 Å². The molecule has 1 atom stereocenters. The Morgan fingerprint density at radius 3 is 2.67 bits per heavy atom. The van der Waals surface area contributed by atoms with Crippen LogP contribution in [-0.2, 0) is 11.3 Å². The second kappa shape index (κ2) is 6.81. The van der Waals surface area contributed by atoms with Crippen molar-refractivity contribution in [1.29, 1.82) is 0 Å². The Kier molecular flexibility index (Phi) is 4.47. The average Bonchev–Trinajstić information content (AvgIpc) is 3.30. The molecule has 0 spiro atoms. The monoisotopic (exact) mass is 383 g/mol. The molecule has 1 fully saturated rings. The van der Waals surface area contributed by atoms with Gasteiger partial charge in [0, 0.05) is 11.4 Å². The summed E-state index contributed by atoms with van der Waals surface area (Å²) in [7, 11) is 0. The molecule has 0 aliphatic heterocycles. The van der Waals surface area contributed by atoms with Crippen LogP contribution in [0, 0.1) is 6.92 Å². The molecule has 1 amide bonds. The van der Waals surface area contributed by atoms with E-state index in [1.54, 1.807) is 6.92 Å². The van der Waals surface area contributed by atoms with Gasteiger partial charge in [0.2, 0.25) is 0 Å². The van der Waals surface area contributed by atoms with Crippen molar-refractivity contribution >= 4 is 33.4 Å². The van der Waals surface area contributed by atoms with E-state index in [1.807, 2.05) is 48.0 Å². The number of benzene rings is 1. The van der Waals surface area contributed by atoms with E-state index in [0.29, 0.717) is 11.4 Å². The van der Waals surface area contributed by atoms with Gasteiger partial charge < -0.3 is 10.0 Å². The third-order valence-electron chi connectivity index (χ3n) is 4.94. The van der Waals surface area contributed by atoms with Crippen LogP contribution in [0.1, 0.15) is 40.7 Å². The fraction of sp³-hybridized carbons (Fsp3) is 0.350. The second-order valence-corrected chi connectivity index (χ2v) is 8.05. The number of carboxylic acids is 1. The minimum Gasteiger partial charge on any atom is -0.480 e. The molecule has 7 heteroatoms. The fourth-order valence-corrected chi connectivity index (χ4v) is 4.44. The highest BCUT2D eigenvalue weighted by molar-refractivity contribution is 7.20. The lowest BCUT2D eigenvalue weighted by Gasteiger charge is -2.25. The summed E-state index contributed by atoms with van der Waals surface area (Å²) in [6.45, 7) is 4.15. The van der Waals surface area contributed by atoms with Crippen molar-refractivity contribution < 1.29 is 14.7 Å². The molecule has 0 bridgehead atoms. The lowest BCUT2D eigenvalue weighted by atomic mass is 10.2. The number of aliphatic carboxylic acids is 1. The Balaban J connectivity index is 1.68. The Bertz CT molecular complexity index is 1000. The first-order valence-corrected chi connectivity index (χ1v) is 9.83. The van der Waals surface area contributed by atoms with Crippen molar-refractivity contribution in [3.05, 3.63) is 52.5 Å². The molecule has 6 nitrogen and oxygen atoms in total. The zero-order valence-electron chi connectivity index (χ0n) is 15.3. The maximum atomic E-state index is 13.1. The van der Waals surface area contributed by atoms with Gasteiger partial charge in [-0.25, -0.2) is 4.79 Å². The first-order chi connectivity index (χ1) is 13.0. The molecule has 1 aliphatic rings. The molecule has 0 radical (unpaired) electrons. The standard InChI is InChI=1S/C20H21N3O3S/c1-12-16-10-17(18(24)23(15-8-9-15)13(2)20(25)26)27-19(16)22(21-12)11-14-6-4-3-5-7-14/h3-7,10,13,15H,8-9,11H2,1-2H3,(H,25,26). The quantitative estimate of drug-likeness (QED) is 0.706. The van der Waals surface area contributed by atoms with E-state index in [0.717, 1.165) is 34.3 Å². The normalized spacial score (nSPS) is 15.0. The molecule has 1 unspecified atom stereocenters. The second-order valence-electron chi connectivity index (χ2n) is 7.02. The predicted molar refractivity (Wildman–Crippen MR) is 104 cm³/mol. The summed E-state index contributed by atoms with van der Waals surface area (Å²) in [5, 5.41) is 14.9. The first-order valence-electron chi connectivity index (χ1n) is 9.02. The van der Waals surface area contributed by atoms with Crippen molar-refractivity contribution in [2.75, 3.05) is 0 Å². The van der Waals surface area contributed by atoms with E-state index in [2.05, 4.69) is 5.10 Å². The summed E-state index contributed by atoms with van der Waals surface area (Å²) in [6.07, 6.45) is 1.74. The van der Waals surface area contributed by atoms with Crippen LogP contribution in [-0.4, -0.2) is 43.7 Å². The smallest absolute Gasteiger partial charge is 0.326 e. The van der Waals surface area contributed by atoms with Crippen LogP contribution in [0.4, 0.5) is 0 Å². The molecule has 1 N–H and O–H groups in total. The molecule has 1 saturated carbocycles. The zero-order chi connectivity index (χ0) is 19.1. The van der Waals surface area contributed by atoms with Gasteiger partial charge in [0.25, 0.3) is 5.91 Å². The fourth-order valence-electron chi connectivity index (χ4n) is 3.34. The SMILES string of the molecule is Cc1nn(Cc2ccccc2)c2sc(C(=O)N(C3CC3)C(C)C(=O)O)cc12. The lowest BCUT2D eigenvalue weighted by Crippen LogP contribution is -2.44. The molecule has 2 heterocycles. The summed E-state index contributed by atoms with van der Waals surface area (Å²) in [5.41, 5.74) is 2.02. The van der Waals surface area contributed by atoms with Crippen molar-refractivity contribution in [3.8, 4) is 0 Å². The van der Waals surface area contributed by atoms with Crippen LogP contribution in [0.15, 0.2) is 36.4 Å². The van der Waals surface area contributed by atoms with Crippen LogP contribution >= 0.6 is 11.3 Å². The Morgan fingerprint density at radius 2 is 2.04 bits per heavy atom. The zero-order valence-corrected chi connectivity index (χ0v) is 16.1. The number of fused-ring (bicyclic) bond motifs is 1. The number of thiophene rings is 1. The highest BCUT2D eigenvalue weighted by atomic mass is 32.1. The third kappa shape index (κ3) is 3.35. The molecule has 2 aromatic heterocycles. The number of nitrogens with zero attached hydrogens (tertiary/aromatic N) is 3. The predicted octanol–water partition coefficient (Wildman–Crippen LogP) is 3.53. The third-order valence-corrected chi connectivity index (χ3v) is 6.08. The number of carbonyl (C=O) groups is 2. The van der Waals surface area contributed by atoms with Crippen molar-refractivity contribution in [3.63, 3.8) is 0 Å². The summed E-state index contributed by atoms with van der Waals surface area (Å²) in [4.78, 5) is 27.5. The van der Waals surface area contributed by atoms with Crippen LogP contribution in [0.2, 0.25) is 0 Å². The van der Waals surface area contributed by atoms with Gasteiger partial charge in [-0.05, 0) is 38.3 Å². The van der Waals surface area contributed by atoms with Gasteiger partial charge in [-0.1, -0.05) is 30.3 Å². The average molecular weight is 383 g/mol. The highest BCUT2D eigenvalue weighted by Gasteiger charge is 2.39. The maximum absolute atomic E-state index is 13.1. The minimum atomic E-state index is -0.970. The highest BCUT2D eigenvalue weighted by Crippen LogP contribution is 2.34. The van der Waals surface area contributed by atoms with E-state index in [1.165, 1.54) is 16.2 Å². The number of aryl methyl sites for hydroxylation is 1. The van der Waals surface area contributed by atoms with Gasteiger partial charge in [0.1, 0.15) is 10.9 Å². The summed E-state index contributed by atoms with van der Waals surface area (Å²) >= 11 is 1.39. The molecule has 27 heavy (non-hydrogen) atoms. The van der Waals surface area contributed by atoms with Gasteiger partial charge in [-0.2, -0.15) is 5.10 Å². The van der Waals surface area contributed by atoms with Crippen molar-refractivity contribution in [2.45, 2.75) is 45.3 Å². The number of carbonyl (C=O) groups excluding carboxylic acids is 1. The summed E-state index contributed by atoms with van der Waals surface area (Å²) < 4.78 is 1.92. The minimum absolute atomic E-state index is 0.0377. The molecule has 3 aromatic rings. The van der Waals surface area contributed by atoms with E-state index >= 15 is 0 Å². The summed E-state index contributed by atoms with van der Waals surface area (Å²) in [5.74, 6) is -1.16. The Hall–Kier alpha value is -2.67. The largest absolute Gasteiger partial charge is 0.480 e. The van der Waals surface area contributed by atoms with Crippen LogP contribution < -0.4 is 0 Å². The molecule has 0 saturated heterocycles. The summed E-state index contributed by atoms with van der Waals surface area (Å²) in [6, 6.07) is 11.1. The molecule has 1 aromatic carbocycles. The Labute approximate surface area is 161 Å².